The van der Waals surface area contributed by atoms with Gasteiger partial charge >= 0.3 is 6.03 Å². The Morgan fingerprint density at radius 3 is 2.62 bits per heavy atom. The third-order valence-electron chi connectivity index (χ3n) is 3.14. The molecular formula is C15H20N4O2. The molecule has 2 aromatic rings. The van der Waals surface area contributed by atoms with E-state index < -0.39 is 0 Å². The van der Waals surface area contributed by atoms with Gasteiger partial charge in [-0.15, -0.1) is 0 Å². The average Bonchev–Trinajstić information content (AvgIpc) is 2.45. The van der Waals surface area contributed by atoms with Crippen LogP contribution in [0.15, 0.2) is 18.2 Å². The summed E-state index contributed by atoms with van der Waals surface area (Å²) in [6.07, 6.45) is 0.783. The molecule has 21 heavy (non-hydrogen) atoms. The molecule has 0 spiro atoms. The predicted octanol–water partition coefficient (Wildman–Crippen LogP) is 2.40. The highest BCUT2D eigenvalue weighted by molar-refractivity contribution is 5.91. The van der Waals surface area contributed by atoms with E-state index in [1.54, 1.807) is 7.11 Å². The number of aromatic nitrogens is 2. The highest BCUT2D eigenvalue weighted by atomic mass is 16.5. The number of benzene rings is 1. The molecule has 2 N–H and O–H groups in total. The molecule has 1 aromatic heterocycles. The summed E-state index contributed by atoms with van der Waals surface area (Å²) in [5.74, 6) is 0. The summed E-state index contributed by atoms with van der Waals surface area (Å²) in [5.41, 5.74) is 4.10. The highest BCUT2D eigenvalue weighted by Crippen LogP contribution is 2.17. The molecular weight excluding hydrogens is 268 g/mol. The Morgan fingerprint density at radius 1 is 1.19 bits per heavy atom. The van der Waals surface area contributed by atoms with E-state index in [9.17, 15) is 4.79 Å². The van der Waals surface area contributed by atoms with Crippen LogP contribution in [0.4, 0.5) is 10.5 Å². The number of rotatable bonds is 5. The van der Waals surface area contributed by atoms with Gasteiger partial charge in [0.1, 0.15) is 0 Å². The molecule has 0 unspecified atom stereocenters. The van der Waals surface area contributed by atoms with Crippen molar-refractivity contribution in [2.75, 3.05) is 25.6 Å². The number of aryl methyl sites for hydroxylation is 2. The average molecular weight is 288 g/mol. The minimum Gasteiger partial charge on any atom is -0.385 e. The molecule has 0 atom stereocenters. The molecule has 0 saturated carbocycles. The van der Waals surface area contributed by atoms with Crippen molar-refractivity contribution >= 4 is 22.8 Å². The summed E-state index contributed by atoms with van der Waals surface area (Å²) in [5, 5.41) is 5.55. The number of methoxy groups -OCH3 is 1. The largest absolute Gasteiger partial charge is 0.385 e. The summed E-state index contributed by atoms with van der Waals surface area (Å²) >= 11 is 0. The normalized spacial score (nSPS) is 10.6. The third kappa shape index (κ3) is 4.13. The first-order valence-electron chi connectivity index (χ1n) is 6.89. The van der Waals surface area contributed by atoms with Gasteiger partial charge in [0.25, 0.3) is 0 Å². The number of fused-ring (bicyclic) bond motifs is 1. The second-order valence-electron chi connectivity index (χ2n) is 4.83. The SMILES string of the molecule is COCCCNC(=O)Nc1ccc2nc(C)c(C)nc2c1. The fourth-order valence-electron chi connectivity index (χ4n) is 1.90. The van der Waals surface area contributed by atoms with Crippen LogP contribution in [0.2, 0.25) is 0 Å². The van der Waals surface area contributed by atoms with Crippen molar-refractivity contribution in [2.45, 2.75) is 20.3 Å². The molecule has 2 rings (SSSR count). The van der Waals surface area contributed by atoms with Crippen molar-refractivity contribution in [1.29, 1.82) is 0 Å². The van der Waals surface area contributed by atoms with E-state index >= 15 is 0 Å². The number of anilines is 1. The number of hydrogen-bond acceptors (Lipinski definition) is 4. The maximum absolute atomic E-state index is 11.7. The Morgan fingerprint density at radius 2 is 1.90 bits per heavy atom. The Kier molecular flexibility index (Phi) is 5.05. The molecule has 6 nitrogen and oxygen atoms in total. The third-order valence-corrected chi connectivity index (χ3v) is 3.14. The number of nitrogens with one attached hydrogen (secondary N) is 2. The van der Waals surface area contributed by atoms with E-state index in [4.69, 9.17) is 4.74 Å². The molecule has 6 heteroatoms. The number of amides is 2. The zero-order chi connectivity index (χ0) is 15.2. The van der Waals surface area contributed by atoms with Gasteiger partial charge in [-0.1, -0.05) is 0 Å². The fraction of sp³-hybridized carbons (Fsp3) is 0.400. The van der Waals surface area contributed by atoms with Gasteiger partial charge in [0.15, 0.2) is 0 Å². The smallest absolute Gasteiger partial charge is 0.319 e. The van der Waals surface area contributed by atoms with Crippen LogP contribution in [0.5, 0.6) is 0 Å². The van der Waals surface area contributed by atoms with Gasteiger partial charge in [-0.2, -0.15) is 0 Å². The lowest BCUT2D eigenvalue weighted by Gasteiger charge is -2.08. The van der Waals surface area contributed by atoms with Crippen molar-refractivity contribution in [2.24, 2.45) is 0 Å². The fourth-order valence-corrected chi connectivity index (χ4v) is 1.90. The predicted molar refractivity (Wildman–Crippen MR) is 82.5 cm³/mol. The van der Waals surface area contributed by atoms with Crippen molar-refractivity contribution in [3.8, 4) is 0 Å². The van der Waals surface area contributed by atoms with Gasteiger partial charge in [0, 0.05) is 25.9 Å². The number of hydrogen-bond donors (Lipinski definition) is 2. The van der Waals surface area contributed by atoms with Gasteiger partial charge in [-0.05, 0) is 38.5 Å². The maximum atomic E-state index is 11.7. The lowest BCUT2D eigenvalue weighted by Crippen LogP contribution is -2.30. The zero-order valence-corrected chi connectivity index (χ0v) is 12.6. The Hall–Kier alpha value is -2.21. The quantitative estimate of drug-likeness (QED) is 0.828. The molecule has 0 aliphatic carbocycles. The van der Waals surface area contributed by atoms with E-state index in [0.717, 1.165) is 28.8 Å². The first-order valence-corrected chi connectivity index (χ1v) is 6.89. The van der Waals surface area contributed by atoms with E-state index in [2.05, 4.69) is 20.6 Å². The first kappa shape index (κ1) is 15.2. The number of carbonyl (C=O) groups is 1. The summed E-state index contributed by atoms with van der Waals surface area (Å²) < 4.78 is 4.92. The van der Waals surface area contributed by atoms with E-state index in [1.165, 1.54) is 0 Å². The van der Waals surface area contributed by atoms with E-state index in [1.807, 2.05) is 32.0 Å². The van der Waals surface area contributed by atoms with Crippen LogP contribution in [0.25, 0.3) is 11.0 Å². The van der Waals surface area contributed by atoms with Crippen LogP contribution in [0.1, 0.15) is 17.8 Å². The number of nitrogens with zero attached hydrogens (tertiary/aromatic N) is 2. The molecule has 1 aromatic carbocycles. The van der Waals surface area contributed by atoms with E-state index in [0.29, 0.717) is 18.8 Å². The Bertz CT molecular complexity index is 643. The van der Waals surface area contributed by atoms with Gasteiger partial charge in [-0.3, -0.25) is 0 Å². The molecule has 0 fully saturated rings. The zero-order valence-electron chi connectivity index (χ0n) is 12.6. The second-order valence-corrected chi connectivity index (χ2v) is 4.83. The van der Waals surface area contributed by atoms with Gasteiger partial charge < -0.3 is 15.4 Å². The molecule has 0 aliphatic rings. The van der Waals surface area contributed by atoms with Gasteiger partial charge in [-0.25, -0.2) is 14.8 Å². The van der Waals surface area contributed by atoms with Crippen molar-refractivity contribution in [1.82, 2.24) is 15.3 Å². The Labute approximate surface area is 123 Å². The van der Waals surface area contributed by atoms with Crippen LogP contribution in [-0.2, 0) is 4.74 Å². The van der Waals surface area contributed by atoms with Crippen LogP contribution in [0.3, 0.4) is 0 Å². The number of urea groups is 1. The molecule has 2 amide bonds. The molecule has 112 valence electrons. The molecule has 0 aliphatic heterocycles. The summed E-state index contributed by atoms with van der Waals surface area (Å²) in [6.45, 7) is 5.06. The van der Waals surface area contributed by atoms with Crippen molar-refractivity contribution < 1.29 is 9.53 Å². The van der Waals surface area contributed by atoms with E-state index in [-0.39, 0.29) is 6.03 Å². The lowest BCUT2D eigenvalue weighted by atomic mass is 10.2. The molecule has 1 heterocycles. The standard InChI is InChI=1S/C15H20N4O2/c1-10-11(2)18-14-9-12(5-6-13(14)17-10)19-15(20)16-7-4-8-21-3/h5-6,9H,4,7-8H2,1-3H3,(H2,16,19,20). The molecule has 0 saturated heterocycles. The minimum atomic E-state index is -0.234. The first-order chi connectivity index (χ1) is 10.1. The molecule has 0 radical (unpaired) electrons. The monoisotopic (exact) mass is 288 g/mol. The summed E-state index contributed by atoms with van der Waals surface area (Å²) in [7, 11) is 1.64. The van der Waals surface area contributed by atoms with Crippen molar-refractivity contribution in [3.05, 3.63) is 29.6 Å². The van der Waals surface area contributed by atoms with Gasteiger partial charge in [0.05, 0.1) is 22.4 Å². The summed E-state index contributed by atoms with van der Waals surface area (Å²) in [6, 6.07) is 5.27. The minimum absolute atomic E-state index is 0.234. The summed E-state index contributed by atoms with van der Waals surface area (Å²) in [4.78, 5) is 20.7. The Balaban J connectivity index is 2.02. The second kappa shape index (κ2) is 6.99. The number of carbonyl (C=O) groups excluding carboxylic acids is 1. The maximum Gasteiger partial charge on any atom is 0.319 e. The van der Waals surface area contributed by atoms with Crippen LogP contribution >= 0.6 is 0 Å². The lowest BCUT2D eigenvalue weighted by molar-refractivity contribution is 0.194. The van der Waals surface area contributed by atoms with Crippen LogP contribution in [-0.4, -0.2) is 36.3 Å². The molecule has 0 bridgehead atoms. The topological polar surface area (TPSA) is 76.1 Å². The van der Waals surface area contributed by atoms with Crippen LogP contribution in [0, 0.1) is 13.8 Å². The van der Waals surface area contributed by atoms with Gasteiger partial charge in [0.2, 0.25) is 0 Å². The number of ether oxygens (including phenoxy) is 1. The highest BCUT2D eigenvalue weighted by Gasteiger charge is 2.05. The van der Waals surface area contributed by atoms with Crippen LogP contribution < -0.4 is 10.6 Å². The van der Waals surface area contributed by atoms with Crippen molar-refractivity contribution in [3.63, 3.8) is 0 Å².